The molecule has 0 aromatic heterocycles. The highest BCUT2D eigenvalue weighted by Gasteiger charge is 2.31. The Bertz CT molecular complexity index is 809. The summed E-state index contributed by atoms with van der Waals surface area (Å²) >= 11 is 0. The lowest BCUT2D eigenvalue weighted by Crippen LogP contribution is -2.29. The van der Waals surface area contributed by atoms with E-state index >= 15 is 0 Å². The minimum atomic E-state index is -0.688. The molecule has 1 aromatic carbocycles. The number of hydrogen-bond acceptors (Lipinski definition) is 3. The number of benzene rings is 1. The summed E-state index contributed by atoms with van der Waals surface area (Å²) in [4.78, 5) is 12.8. The number of unbranched alkanes of at least 4 members (excludes halogenated alkanes) is 3. The summed E-state index contributed by atoms with van der Waals surface area (Å²) in [6.07, 6.45) is 17.1. The molecule has 0 saturated heterocycles. The van der Waals surface area contributed by atoms with E-state index in [9.17, 15) is 9.18 Å². The second kappa shape index (κ2) is 14.3. The third-order valence-electron chi connectivity index (χ3n) is 7.91. The fraction of sp³-hybridized carbons (Fsp3) is 0.667. The van der Waals surface area contributed by atoms with E-state index in [1.807, 2.05) is 0 Å². The largest absolute Gasteiger partial charge is 0.462 e. The van der Waals surface area contributed by atoms with Crippen LogP contribution in [0, 0.1) is 23.2 Å². The van der Waals surface area contributed by atoms with E-state index in [0.717, 1.165) is 57.8 Å². The van der Waals surface area contributed by atoms with Gasteiger partial charge in [0.1, 0.15) is 12.2 Å². The van der Waals surface area contributed by atoms with Crippen LogP contribution in [0.25, 0.3) is 0 Å². The van der Waals surface area contributed by atoms with Crippen LogP contribution in [0.5, 0.6) is 0 Å². The quantitative estimate of drug-likeness (QED) is 0.187. The van der Waals surface area contributed by atoms with E-state index in [-0.39, 0.29) is 18.0 Å². The van der Waals surface area contributed by atoms with E-state index in [4.69, 9.17) is 10.00 Å². The number of halogens is 1. The highest BCUT2D eigenvalue weighted by molar-refractivity contribution is 5.72. The zero-order chi connectivity index (χ0) is 24.2. The van der Waals surface area contributed by atoms with Gasteiger partial charge < -0.3 is 4.74 Å². The molecule has 34 heavy (non-hydrogen) atoms. The minimum absolute atomic E-state index is 0.00310. The molecule has 0 heterocycles. The van der Waals surface area contributed by atoms with Gasteiger partial charge in [-0.1, -0.05) is 50.5 Å². The Morgan fingerprint density at radius 1 is 1.03 bits per heavy atom. The minimum Gasteiger partial charge on any atom is -0.462 e. The lowest BCUT2D eigenvalue weighted by molar-refractivity contribution is -0.157. The average molecular weight is 468 g/mol. The Kier molecular flexibility index (Phi) is 11.1. The molecule has 0 amide bonds. The molecule has 0 unspecified atom stereocenters. The van der Waals surface area contributed by atoms with Gasteiger partial charge in [-0.15, -0.1) is 0 Å². The zero-order valence-corrected chi connectivity index (χ0v) is 20.9. The average Bonchev–Trinajstić information content (AvgIpc) is 2.88. The van der Waals surface area contributed by atoms with Gasteiger partial charge >= 0.3 is 5.97 Å². The third kappa shape index (κ3) is 8.57. The number of aryl methyl sites for hydroxylation is 1. The van der Waals surface area contributed by atoms with Crippen LogP contribution in [-0.4, -0.2) is 12.1 Å². The van der Waals surface area contributed by atoms with Gasteiger partial charge in [0, 0.05) is 0 Å². The van der Waals surface area contributed by atoms with E-state index < -0.39 is 5.83 Å². The van der Waals surface area contributed by atoms with Crippen LogP contribution in [-0.2, 0) is 16.0 Å². The molecular weight excluding hydrogens is 425 g/mol. The summed E-state index contributed by atoms with van der Waals surface area (Å²) in [5.41, 5.74) is 2.87. The molecule has 0 N–H and O–H groups in total. The van der Waals surface area contributed by atoms with Crippen molar-refractivity contribution in [2.24, 2.45) is 11.8 Å². The third-order valence-corrected chi connectivity index (χ3v) is 7.91. The molecule has 0 atom stereocenters. The Balaban J connectivity index is 1.34. The maximum absolute atomic E-state index is 12.9. The van der Waals surface area contributed by atoms with Gasteiger partial charge in [0.2, 0.25) is 0 Å². The first kappa shape index (κ1) is 26.5. The van der Waals surface area contributed by atoms with Crippen molar-refractivity contribution in [2.45, 2.75) is 115 Å². The highest BCUT2D eigenvalue weighted by Crippen LogP contribution is 2.37. The Labute approximate surface area is 205 Å². The van der Waals surface area contributed by atoms with Gasteiger partial charge in [-0.05, 0) is 106 Å². The second-order valence-electron chi connectivity index (χ2n) is 10.4. The number of nitrogens with zero attached hydrogens (tertiary/aromatic N) is 1. The Morgan fingerprint density at radius 3 is 2.38 bits per heavy atom. The molecule has 0 radical (unpaired) electrons. The van der Waals surface area contributed by atoms with Crippen molar-refractivity contribution in [3.63, 3.8) is 0 Å². The zero-order valence-electron chi connectivity index (χ0n) is 20.9. The van der Waals surface area contributed by atoms with Gasteiger partial charge in [-0.2, -0.15) is 9.65 Å². The summed E-state index contributed by atoms with van der Waals surface area (Å²) in [7, 11) is 0. The Morgan fingerprint density at radius 2 is 1.74 bits per heavy atom. The topological polar surface area (TPSA) is 50.1 Å². The highest BCUT2D eigenvalue weighted by atomic mass is 19.1. The molecule has 0 aliphatic heterocycles. The molecule has 0 bridgehead atoms. The fourth-order valence-corrected chi connectivity index (χ4v) is 5.67. The number of allylic oxidation sites excluding steroid dienone is 2. The number of rotatable bonds is 11. The molecule has 3 rings (SSSR count). The predicted octanol–water partition coefficient (Wildman–Crippen LogP) is 8.34. The van der Waals surface area contributed by atoms with Crippen molar-refractivity contribution in [3.05, 3.63) is 47.3 Å². The number of esters is 1. The molecule has 2 aliphatic rings. The van der Waals surface area contributed by atoms with Crippen LogP contribution < -0.4 is 0 Å². The normalized spacial score (nSPS) is 25.5. The summed E-state index contributed by atoms with van der Waals surface area (Å²) in [5.74, 6) is 0.464. The predicted molar refractivity (Wildman–Crippen MR) is 135 cm³/mol. The number of hydrogen-bond donors (Lipinski definition) is 0. The van der Waals surface area contributed by atoms with Gasteiger partial charge in [0.25, 0.3) is 0 Å². The van der Waals surface area contributed by atoms with Crippen LogP contribution in [0.15, 0.2) is 36.2 Å². The first-order valence-electron chi connectivity index (χ1n) is 13.6. The molecule has 0 spiro atoms. The lowest BCUT2D eigenvalue weighted by atomic mass is 9.78. The van der Waals surface area contributed by atoms with Crippen LogP contribution in [0.1, 0.15) is 114 Å². The first-order chi connectivity index (χ1) is 16.6. The van der Waals surface area contributed by atoms with Crippen molar-refractivity contribution < 1.29 is 13.9 Å². The van der Waals surface area contributed by atoms with Crippen LogP contribution in [0.2, 0.25) is 0 Å². The lowest BCUT2D eigenvalue weighted by Gasteiger charge is -2.31. The summed E-state index contributed by atoms with van der Waals surface area (Å²) in [6.45, 7) is 2.25. The number of ether oxygens (including phenoxy) is 1. The van der Waals surface area contributed by atoms with Crippen molar-refractivity contribution in [1.82, 2.24) is 0 Å². The molecule has 2 fully saturated rings. The number of carbonyl (C=O) groups excluding carboxylic acids is 1. The second-order valence-corrected chi connectivity index (χ2v) is 10.4. The van der Waals surface area contributed by atoms with Crippen molar-refractivity contribution >= 4 is 5.97 Å². The van der Waals surface area contributed by atoms with Gasteiger partial charge in [0.05, 0.1) is 5.92 Å². The first-order valence-corrected chi connectivity index (χ1v) is 13.6. The molecule has 3 nitrogen and oxygen atoms in total. The monoisotopic (exact) mass is 467 g/mol. The fourth-order valence-electron chi connectivity index (χ4n) is 5.67. The molecule has 2 saturated carbocycles. The van der Waals surface area contributed by atoms with E-state index in [1.165, 1.54) is 55.4 Å². The van der Waals surface area contributed by atoms with E-state index in [0.29, 0.717) is 18.3 Å². The summed E-state index contributed by atoms with van der Waals surface area (Å²) < 4.78 is 18.8. The number of nitriles is 1. The van der Waals surface area contributed by atoms with Gasteiger partial charge in [-0.3, -0.25) is 4.79 Å². The Hall–Kier alpha value is -2.15. The van der Waals surface area contributed by atoms with Crippen LogP contribution in [0.4, 0.5) is 4.39 Å². The molecular formula is C30H42FNO2. The maximum Gasteiger partial charge on any atom is 0.309 e. The number of carbonyl (C=O) groups is 1. The van der Waals surface area contributed by atoms with Crippen LogP contribution >= 0.6 is 0 Å². The SMILES string of the molecule is CCCCCCc1ccc(C2CCC(C(=O)OC3CCC(CCC=C(F)C#N)CC3)CC2)cc1. The molecule has 1 aromatic rings. The van der Waals surface area contributed by atoms with Gasteiger partial charge in [0.15, 0.2) is 5.83 Å². The maximum atomic E-state index is 12.9. The molecule has 186 valence electrons. The van der Waals surface area contributed by atoms with Gasteiger partial charge in [-0.25, -0.2) is 0 Å². The van der Waals surface area contributed by atoms with Crippen LogP contribution in [0.3, 0.4) is 0 Å². The van der Waals surface area contributed by atoms with Crippen molar-refractivity contribution in [3.8, 4) is 6.07 Å². The van der Waals surface area contributed by atoms with Crippen molar-refractivity contribution in [2.75, 3.05) is 0 Å². The molecule has 4 heteroatoms. The standard InChI is InChI=1S/C30H42FNO2/c1-2-3-4-5-7-23-10-14-25(15-11-23)26-16-18-27(19-17-26)30(33)34-29-20-12-24(13-21-29)8-6-9-28(31)22-32/h9-11,14-15,24,26-27,29H,2-8,12-13,16-21H2,1H3. The summed E-state index contributed by atoms with van der Waals surface area (Å²) in [5, 5.41) is 8.48. The van der Waals surface area contributed by atoms with E-state index in [2.05, 4.69) is 31.2 Å². The van der Waals surface area contributed by atoms with Crippen molar-refractivity contribution in [1.29, 1.82) is 5.26 Å². The van der Waals surface area contributed by atoms with E-state index in [1.54, 1.807) is 0 Å². The summed E-state index contributed by atoms with van der Waals surface area (Å²) in [6, 6.07) is 10.7. The smallest absolute Gasteiger partial charge is 0.309 e. The molecule has 2 aliphatic carbocycles.